The molecule has 0 radical (unpaired) electrons. The number of carbonyl (C=O) groups excluding carboxylic acids is 3. The van der Waals surface area contributed by atoms with E-state index < -0.39 is 11.9 Å². The van der Waals surface area contributed by atoms with Crippen LogP contribution >= 0.6 is 11.3 Å². The summed E-state index contributed by atoms with van der Waals surface area (Å²) in [5.74, 6) is -1.34. The van der Waals surface area contributed by atoms with Crippen LogP contribution in [0.15, 0.2) is 0 Å². The number of anilines is 1. The molecule has 150 valence electrons. The predicted octanol–water partition coefficient (Wildman–Crippen LogP) is 1.60. The molecule has 1 aliphatic heterocycles. The quantitative estimate of drug-likeness (QED) is 0.699. The molecule has 9 heteroatoms. The number of likely N-dealkylation sites (N-methyl/N-ethyl adjacent to an activating group) is 1. The van der Waals surface area contributed by atoms with E-state index in [1.54, 1.807) is 6.92 Å². The number of nitrogens with zero attached hydrogens (tertiary/aromatic N) is 2. The second-order valence-electron chi connectivity index (χ2n) is 6.32. The first kappa shape index (κ1) is 21.3. The third kappa shape index (κ3) is 5.27. The maximum atomic E-state index is 12.4. The van der Waals surface area contributed by atoms with E-state index in [2.05, 4.69) is 22.0 Å². The molecular formula is C18H27N3O5S. The molecule has 8 nitrogen and oxygen atoms in total. The number of carbonyl (C=O) groups is 3. The number of methoxy groups -OCH3 is 2. The summed E-state index contributed by atoms with van der Waals surface area (Å²) in [7, 11) is 2.54. The Kier molecular flexibility index (Phi) is 7.76. The number of rotatable bonds is 7. The minimum Gasteiger partial charge on any atom is -0.465 e. The summed E-state index contributed by atoms with van der Waals surface area (Å²) in [6.07, 6.45) is 0.317. The molecule has 0 aromatic carbocycles. The van der Waals surface area contributed by atoms with Gasteiger partial charge in [-0.05, 0) is 19.0 Å². The van der Waals surface area contributed by atoms with Gasteiger partial charge < -0.3 is 24.6 Å². The van der Waals surface area contributed by atoms with Crippen LogP contribution in [0.4, 0.5) is 5.00 Å². The van der Waals surface area contributed by atoms with Gasteiger partial charge in [-0.25, -0.2) is 9.59 Å². The molecule has 1 aromatic rings. The number of ether oxygens (including phenoxy) is 2. The Morgan fingerprint density at radius 3 is 2.19 bits per heavy atom. The van der Waals surface area contributed by atoms with Crippen molar-refractivity contribution in [1.29, 1.82) is 0 Å². The van der Waals surface area contributed by atoms with Crippen molar-refractivity contribution in [2.45, 2.75) is 20.3 Å². The lowest BCUT2D eigenvalue weighted by Gasteiger charge is -2.33. The van der Waals surface area contributed by atoms with Crippen LogP contribution in [0.2, 0.25) is 0 Å². The van der Waals surface area contributed by atoms with E-state index in [1.165, 1.54) is 14.2 Å². The molecule has 27 heavy (non-hydrogen) atoms. The molecule has 1 saturated heterocycles. The van der Waals surface area contributed by atoms with Gasteiger partial charge in [-0.2, -0.15) is 0 Å². The maximum Gasteiger partial charge on any atom is 0.348 e. The first-order valence-corrected chi connectivity index (χ1v) is 9.77. The summed E-state index contributed by atoms with van der Waals surface area (Å²) in [4.78, 5) is 41.3. The van der Waals surface area contributed by atoms with E-state index in [4.69, 9.17) is 9.47 Å². The maximum absolute atomic E-state index is 12.4. The van der Waals surface area contributed by atoms with Gasteiger partial charge in [0.2, 0.25) is 5.91 Å². The molecule has 0 unspecified atom stereocenters. The average Bonchev–Trinajstić information content (AvgIpc) is 3.01. The fourth-order valence-corrected chi connectivity index (χ4v) is 4.14. The summed E-state index contributed by atoms with van der Waals surface area (Å²) in [6.45, 7) is 9.40. The predicted molar refractivity (Wildman–Crippen MR) is 104 cm³/mol. The molecule has 2 heterocycles. The minimum atomic E-state index is -0.593. The zero-order valence-corrected chi connectivity index (χ0v) is 17.1. The molecule has 1 aliphatic rings. The van der Waals surface area contributed by atoms with Crippen molar-refractivity contribution in [1.82, 2.24) is 9.80 Å². The van der Waals surface area contributed by atoms with E-state index in [0.717, 1.165) is 44.1 Å². The van der Waals surface area contributed by atoms with Crippen molar-refractivity contribution in [3.63, 3.8) is 0 Å². The standard InChI is InChI=1S/C18H27N3O5S/c1-5-20-8-10-21(11-9-20)7-6-13(22)19-16-14(17(23)25-3)12(2)15(27-16)18(24)26-4/h5-11H2,1-4H3,(H,19,22). The Morgan fingerprint density at radius 1 is 1.04 bits per heavy atom. The molecule has 0 atom stereocenters. The Labute approximate surface area is 163 Å². The van der Waals surface area contributed by atoms with Crippen LogP contribution in [0, 0.1) is 6.92 Å². The lowest BCUT2D eigenvalue weighted by molar-refractivity contribution is -0.116. The normalized spacial score (nSPS) is 15.4. The van der Waals surface area contributed by atoms with Crippen LogP contribution < -0.4 is 5.32 Å². The highest BCUT2D eigenvalue weighted by Crippen LogP contribution is 2.34. The number of hydrogen-bond donors (Lipinski definition) is 1. The molecular weight excluding hydrogens is 370 g/mol. The van der Waals surface area contributed by atoms with Crippen LogP contribution in [0.25, 0.3) is 0 Å². The summed E-state index contributed by atoms with van der Waals surface area (Å²) in [5, 5.41) is 3.08. The first-order valence-electron chi connectivity index (χ1n) is 8.95. The topological polar surface area (TPSA) is 88.2 Å². The summed E-state index contributed by atoms with van der Waals surface area (Å²) < 4.78 is 9.54. The summed E-state index contributed by atoms with van der Waals surface area (Å²) >= 11 is 1.03. The second-order valence-corrected chi connectivity index (χ2v) is 7.34. The van der Waals surface area contributed by atoms with Gasteiger partial charge in [0, 0.05) is 39.1 Å². The number of esters is 2. The SMILES string of the molecule is CCN1CCN(CCC(=O)Nc2sc(C(=O)OC)c(C)c2C(=O)OC)CC1. The highest BCUT2D eigenvalue weighted by atomic mass is 32.1. The number of amides is 1. The van der Waals surface area contributed by atoms with E-state index in [1.807, 2.05) is 0 Å². The third-order valence-electron chi connectivity index (χ3n) is 4.73. The molecule has 0 aliphatic carbocycles. The van der Waals surface area contributed by atoms with E-state index in [0.29, 0.717) is 23.5 Å². The van der Waals surface area contributed by atoms with Crippen LogP contribution in [-0.2, 0) is 14.3 Å². The number of thiophene rings is 1. The minimum absolute atomic E-state index is 0.198. The van der Waals surface area contributed by atoms with Gasteiger partial charge in [0.25, 0.3) is 0 Å². The molecule has 0 bridgehead atoms. The van der Waals surface area contributed by atoms with Crippen molar-refractivity contribution < 1.29 is 23.9 Å². The Hall–Kier alpha value is -1.97. The highest BCUT2D eigenvalue weighted by molar-refractivity contribution is 7.18. The van der Waals surface area contributed by atoms with Gasteiger partial charge in [0.15, 0.2) is 0 Å². The molecule has 1 aromatic heterocycles. The monoisotopic (exact) mass is 397 g/mol. The highest BCUT2D eigenvalue weighted by Gasteiger charge is 2.27. The van der Waals surface area contributed by atoms with E-state index in [9.17, 15) is 14.4 Å². The molecule has 2 rings (SSSR count). The van der Waals surface area contributed by atoms with Crippen LogP contribution in [0.1, 0.15) is 38.9 Å². The van der Waals surface area contributed by atoms with Gasteiger partial charge in [0.05, 0.1) is 19.8 Å². The molecule has 1 N–H and O–H groups in total. The summed E-state index contributed by atoms with van der Waals surface area (Å²) in [6, 6.07) is 0. The number of nitrogens with one attached hydrogen (secondary N) is 1. The fraction of sp³-hybridized carbons (Fsp3) is 0.611. The van der Waals surface area contributed by atoms with E-state index >= 15 is 0 Å². The molecule has 0 saturated carbocycles. The van der Waals surface area contributed by atoms with Gasteiger partial charge in [-0.15, -0.1) is 11.3 Å². The van der Waals surface area contributed by atoms with Gasteiger partial charge in [0.1, 0.15) is 9.88 Å². The largest absolute Gasteiger partial charge is 0.465 e. The summed E-state index contributed by atoms with van der Waals surface area (Å²) in [5.41, 5.74) is 0.650. The molecule has 0 spiro atoms. The molecule has 1 fully saturated rings. The van der Waals surface area contributed by atoms with Crippen LogP contribution in [0.5, 0.6) is 0 Å². The number of hydrogen-bond acceptors (Lipinski definition) is 8. The van der Waals surface area contributed by atoms with Crippen molar-refractivity contribution in [3.8, 4) is 0 Å². The average molecular weight is 397 g/mol. The second kappa shape index (κ2) is 9.82. The van der Waals surface area contributed by atoms with E-state index in [-0.39, 0.29) is 16.3 Å². The number of piperazine rings is 1. The Balaban J connectivity index is 2.02. The van der Waals surface area contributed by atoms with Crippen molar-refractivity contribution in [2.75, 3.05) is 58.8 Å². The lowest BCUT2D eigenvalue weighted by atomic mass is 10.1. The van der Waals surface area contributed by atoms with Crippen molar-refractivity contribution in [2.24, 2.45) is 0 Å². The molecule has 1 amide bonds. The first-order chi connectivity index (χ1) is 12.9. The zero-order valence-electron chi connectivity index (χ0n) is 16.3. The van der Waals surface area contributed by atoms with Crippen LogP contribution in [-0.4, -0.2) is 81.1 Å². The zero-order chi connectivity index (χ0) is 20.0. The fourth-order valence-electron chi connectivity index (χ4n) is 3.01. The Morgan fingerprint density at radius 2 is 1.63 bits per heavy atom. The third-order valence-corrected chi connectivity index (χ3v) is 5.91. The van der Waals surface area contributed by atoms with Gasteiger partial charge in [-0.3, -0.25) is 4.79 Å². The Bertz CT molecular complexity index is 695. The van der Waals surface area contributed by atoms with Gasteiger partial charge >= 0.3 is 11.9 Å². The van der Waals surface area contributed by atoms with Crippen molar-refractivity contribution in [3.05, 3.63) is 16.0 Å². The van der Waals surface area contributed by atoms with Gasteiger partial charge in [-0.1, -0.05) is 6.92 Å². The lowest BCUT2D eigenvalue weighted by Crippen LogP contribution is -2.46. The van der Waals surface area contributed by atoms with Crippen molar-refractivity contribution >= 4 is 34.2 Å². The smallest absolute Gasteiger partial charge is 0.348 e. The van der Waals surface area contributed by atoms with Crippen LogP contribution in [0.3, 0.4) is 0 Å².